The highest BCUT2D eigenvalue weighted by molar-refractivity contribution is 5.14. The Bertz CT molecular complexity index is 308. The van der Waals surface area contributed by atoms with E-state index in [1.165, 1.54) is 37.8 Å². The third kappa shape index (κ3) is 6.01. The molecule has 1 unspecified atom stereocenters. The van der Waals surface area contributed by atoms with Crippen LogP contribution in [0.25, 0.3) is 0 Å². The lowest BCUT2D eigenvalue weighted by atomic mass is 10.1. The molecule has 18 heavy (non-hydrogen) atoms. The number of halogens is 1. The molecule has 0 saturated carbocycles. The highest BCUT2D eigenvalue weighted by Crippen LogP contribution is 2.13. The fourth-order valence-electron chi connectivity index (χ4n) is 2.21. The zero-order valence-electron chi connectivity index (χ0n) is 12.3. The molecule has 1 atom stereocenters. The van der Waals surface area contributed by atoms with Gasteiger partial charge in [-0.1, -0.05) is 37.3 Å². The minimum atomic E-state index is 0. The Labute approximate surface area is 124 Å². The predicted molar refractivity (Wildman–Crippen MR) is 76.1 cm³/mol. The number of hydrogen-bond donors (Lipinski definition) is 0. The lowest BCUT2D eigenvalue weighted by Gasteiger charge is -2.35. The number of nitrogens with zero attached hydrogens (tertiary/aromatic N) is 1. The summed E-state index contributed by atoms with van der Waals surface area (Å²) in [6.07, 6.45) is 5.13. The molecule has 0 aromatic heterocycles. The monoisotopic (exact) mass is 313 g/mol. The standard InChI is InChI=1S/C16H28N.BrH/c1-5-15(2)17(3,4)14-10-9-13-16-11-7-6-8-12-16;/h6-8,11-12,15H,5,9-10,13-14H2,1-4H3;1H/q+1;/p-1. The van der Waals surface area contributed by atoms with E-state index in [1.807, 2.05) is 0 Å². The molecule has 0 heterocycles. The summed E-state index contributed by atoms with van der Waals surface area (Å²) in [5.41, 5.74) is 1.47. The first kappa shape index (κ1) is 17.7. The van der Waals surface area contributed by atoms with Gasteiger partial charge in [0.2, 0.25) is 0 Å². The molecule has 0 fully saturated rings. The first-order valence-electron chi connectivity index (χ1n) is 6.93. The number of unbranched alkanes of at least 4 members (excludes halogenated alkanes) is 1. The van der Waals surface area contributed by atoms with Gasteiger partial charge in [0.15, 0.2) is 0 Å². The van der Waals surface area contributed by atoms with Crippen LogP contribution in [0.3, 0.4) is 0 Å². The van der Waals surface area contributed by atoms with Crippen molar-refractivity contribution in [2.24, 2.45) is 0 Å². The SMILES string of the molecule is CCC(C)[N+](C)(C)CCCCc1ccccc1.[Br-]. The van der Waals surface area contributed by atoms with Gasteiger partial charge in [-0.15, -0.1) is 0 Å². The lowest BCUT2D eigenvalue weighted by molar-refractivity contribution is -0.913. The van der Waals surface area contributed by atoms with Gasteiger partial charge >= 0.3 is 0 Å². The molecule has 1 nitrogen and oxygen atoms in total. The summed E-state index contributed by atoms with van der Waals surface area (Å²) in [7, 11) is 4.72. The van der Waals surface area contributed by atoms with Crippen LogP contribution in [0, 0.1) is 0 Å². The third-order valence-corrected chi connectivity index (χ3v) is 4.08. The van der Waals surface area contributed by atoms with Gasteiger partial charge in [0, 0.05) is 0 Å². The minimum Gasteiger partial charge on any atom is -1.00 e. The second kappa shape index (κ2) is 8.71. The van der Waals surface area contributed by atoms with Crippen LogP contribution in [0.1, 0.15) is 38.7 Å². The van der Waals surface area contributed by atoms with E-state index in [-0.39, 0.29) is 17.0 Å². The Hall–Kier alpha value is -0.340. The van der Waals surface area contributed by atoms with Crippen LogP contribution in [-0.2, 0) is 6.42 Å². The molecule has 0 radical (unpaired) electrons. The Morgan fingerprint density at radius 2 is 1.67 bits per heavy atom. The topological polar surface area (TPSA) is 0 Å². The first-order valence-corrected chi connectivity index (χ1v) is 6.93. The Kier molecular flexibility index (Phi) is 8.54. The maximum atomic E-state index is 2.36. The molecule has 1 rings (SSSR count). The summed E-state index contributed by atoms with van der Waals surface area (Å²) < 4.78 is 1.16. The van der Waals surface area contributed by atoms with Gasteiger partial charge in [0.25, 0.3) is 0 Å². The summed E-state index contributed by atoms with van der Waals surface area (Å²) in [5, 5.41) is 0. The van der Waals surface area contributed by atoms with Crippen molar-refractivity contribution in [1.82, 2.24) is 0 Å². The van der Waals surface area contributed by atoms with Gasteiger partial charge in [-0.2, -0.15) is 0 Å². The minimum absolute atomic E-state index is 0. The quantitative estimate of drug-likeness (QED) is 0.518. The molecule has 0 saturated heterocycles. The van der Waals surface area contributed by atoms with E-state index in [9.17, 15) is 0 Å². The Morgan fingerprint density at radius 3 is 2.22 bits per heavy atom. The van der Waals surface area contributed by atoms with Crippen molar-refractivity contribution in [3.63, 3.8) is 0 Å². The van der Waals surface area contributed by atoms with Crippen LogP contribution in [0.4, 0.5) is 0 Å². The molecule has 104 valence electrons. The van der Waals surface area contributed by atoms with Crippen LogP contribution >= 0.6 is 0 Å². The van der Waals surface area contributed by atoms with Crippen LogP contribution in [0.15, 0.2) is 30.3 Å². The summed E-state index contributed by atoms with van der Waals surface area (Å²) in [5.74, 6) is 0. The zero-order chi connectivity index (χ0) is 12.7. The molecular weight excluding hydrogens is 286 g/mol. The highest BCUT2D eigenvalue weighted by Gasteiger charge is 2.21. The maximum absolute atomic E-state index is 2.36. The number of hydrogen-bond acceptors (Lipinski definition) is 0. The second-order valence-electron chi connectivity index (χ2n) is 5.70. The summed E-state index contributed by atoms with van der Waals surface area (Å²) in [6.45, 7) is 5.94. The lowest BCUT2D eigenvalue weighted by Crippen LogP contribution is -3.00. The van der Waals surface area contributed by atoms with E-state index in [0.29, 0.717) is 0 Å². The van der Waals surface area contributed by atoms with E-state index >= 15 is 0 Å². The van der Waals surface area contributed by atoms with Crippen molar-refractivity contribution in [1.29, 1.82) is 0 Å². The average Bonchev–Trinajstić information content (AvgIpc) is 2.35. The van der Waals surface area contributed by atoms with Gasteiger partial charge in [-0.3, -0.25) is 0 Å². The molecule has 0 spiro atoms. The van der Waals surface area contributed by atoms with Gasteiger partial charge in [-0.05, 0) is 38.2 Å². The van der Waals surface area contributed by atoms with Crippen LogP contribution in [0.5, 0.6) is 0 Å². The molecule has 0 aliphatic heterocycles. The number of aryl methyl sites for hydroxylation is 1. The predicted octanol–water partition coefficient (Wildman–Crippen LogP) is 0.888. The van der Waals surface area contributed by atoms with Gasteiger partial charge < -0.3 is 21.5 Å². The van der Waals surface area contributed by atoms with Crippen molar-refractivity contribution in [2.45, 2.75) is 45.6 Å². The smallest absolute Gasteiger partial charge is 0.0855 e. The Morgan fingerprint density at radius 1 is 1.06 bits per heavy atom. The van der Waals surface area contributed by atoms with Crippen molar-refractivity contribution < 1.29 is 21.5 Å². The maximum Gasteiger partial charge on any atom is 0.0855 e. The zero-order valence-corrected chi connectivity index (χ0v) is 13.9. The molecule has 1 aromatic carbocycles. The van der Waals surface area contributed by atoms with Crippen molar-refractivity contribution in [3.05, 3.63) is 35.9 Å². The largest absolute Gasteiger partial charge is 1.00 e. The van der Waals surface area contributed by atoms with Crippen molar-refractivity contribution in [3.8, 4) is 0 Å². The molecular formula is C16H28BrN. The molecule has 0 aliphatic carbocycles. The Balaban J connectivity index is 0.00000289. The van der Waals surface area contributed by atoms with Crippen molar-refractivity contribution in [2.75, 3.05) is 20.6 Å². The van der Waals surface area contributed by atoms with E-state index in [4.69, 9.17) is 0 Å². The highest BCUT2D eigenvalue weighted by atomic mass is 79.9. The average molecular weight is 314 g/mol. The van der Waals surface area contributed by atoms with Crippen LogP contribution in [0.2, 0.25) is 0 Å². The van der Waals surface area contributed by atoms with E-state index in [2.05, 4.69) is 58.3 Å². The van der Waals surface area contributed by atoms with E-state index in [0.717, 1.165) is 10.5 Å². The van der Waals surface area contributed by atoms with Gasteiger partial charge in [-0.25, -0.2) is 0 Å². The first-order chi connectivity index (χ1) is 8.06. The third-order valence-electron chi connectivity index (χ3n) is 4.08. The normalized spacial score (nSPS) is 12.9. The fourth-order valence-corrected chi connectivity index (χ4v) is 2.21. The second-order valence-corrected chi connectivity index (χ2v) is 5.70. The molecule has 2 heteroatoms. The summed E-state index contributed by atoms with van der Waals surface area (Å²) in [4.78, 5) is 0. The molecule has 0 bridgehead atoms. The molecule has 0 aliphatic rings. The molecule has 1 aromatic rings. The molecule has 0 amide bonds. The summed E-state index contributed by atoms with van der Waals surface area (Å²) in [6, 6.07) is 11.6. The number of benzene rings is 1. The van der Waals surface area contributed by atoms with Crippen LogP contribution in [-0.4, -0.2) is 31.2 Å². The van der Waals surface area contributed by atoms with Crippen LogP contribution < -0.4 is 17.0 Å². The van der Waals surface area contributed by atoms with Gasteiger partial charge in [0.05, 0.1) is 26.7 Å². The van der Waals surface area contributed by atoms with Gasteiger partial charge in [0.1, 0.15) is 0 Å². The molecule has 0 N–H and O–H groups in total. The number of quaternary nitrogens is 1. The fraction of sp³-hybridized carbons (Fsp3) is 0.625. The number of rotatable bonds is 7. The summed E-state index contributed by atoms with van der Waals surface area (Å²) >= 11 is 0. The van der Waals surface area contributed by atoms with Crippen molar-refractivity contribution >= 4 is 0 Å². The van der Waals surface area contributed by atoms with E-state index < -0.39 is 0 Å². The van der Waals surface area contributed by atoms with E-state index in [1.54, 1.807) is 0 Å².